The molecule has 2 unspecified atom stereocenters. The van der Waals surface area contributed by atoms with Crippen LogP contribution >= 0.6 is 11.5 Å². The lowest BCUT2D eigenvalue weighted by Crippen LogP contribution is -2.41. The number of nitrogens with two attached hydrogens (primary N) is 1. The van der Waals surface area contributed by atoms with Crippen LogP contribution < -0.4 is 11.3 Å². The number of aryl methyl sites for hydroxylation is 1. The third kappa shape index (κ3) is 2.81. The predicted octanol–water partition coefficient (Wildman–Crippen LogP) is 2.20. The van der Waals surface area contributed by atoms with Crippen LogP contribution in [-0.4, -0.2) is 20.8 Å². The highest BCUT2D eigenvalue weighted by molar-refractivity contribution is 7.05. The van der Waals surface area contributed by atoms with Gasteiger partial charge in [0.2, 0.25) is 0 Å². The van der Waals surface area contributed by atoms with Crippen LogP contribution in [0.25, 0.3) is 0 Å². The molecule has 2 rings (SSSR count). The van der Waals surface area contributed by atoms with E-state index >= 15 is 0 Å². The molecule has 2 atom stereocenters. The highest BCUT2D eigenvalue weighted by Crippen LogP contribution is 2.48. The Morgan fingerprint density at radius 1 is 1.47 bits per heavy atom. The fourth-order valence-corrected chi connectivity index (χ4v) is 4.06. The molecule has 1 saturated heterocycles. The molecular weight excluding hydrogens is 260 g/mol. The summed E-state index contributed by atoms with van der Waals surface area (Å²) in [5.74, 6) is 6.13. The van der Waals surface area contributed by atoms with Gasteiger partial charge in [0, 0.05) is 5.92 Å². The van der Waals surface area contributed by atoms with Gasteiger partial charge in [-0.1, -0.05) is 11.4 Å². The summed E-state index contributed by atoms with van der Waals surface area (Å²) in [6.07, 6.45) is 1.84. The Labute approximate surface area is 119 Å². The molecule has 1 aromatic rings. The van der Waals surface area contributed by atoms with E-state index in [0.717, 1.165) is 23.4 Å². The zero-order valence-corrected chi connectivity index (χ0v) is 13.2. The second-order valence-corrected chi connectivity index (χ2v) is 7.14. The highest BCUT2D eigenvalue weighted by atomic mass is 32.1. The van der Waals surface area contributed by atoms with Gasteiger partial charge in [0.05, 0.1) is 27.8 Å². The maximum atomic E-state index is 6.17. The molecule has 19 heavy (non-hydrogen) atoms. The minimum Gasteiger partial charge on any atom is -0.369 e. The Kier molecular flexibility index (Phi) is 3.97. The topological polar surface area (TPSA) is 73.1 Å². The normalized spacial score (nSPS) is 26.5. The van der Waals surface area contributed by atoms with Gasteiger partial charge in [0.25, 0.3) is 0 Å². The molecule has 0 saturated carbocycles. The number of rotatable bonds is 4. The molecule has 1 aromatic heterocycles. The number of hydrogen-bond donors (Lipinski definition) is 2. The summed E-state index contributed by atoms with van der Waals surface area (Å²) in [6.45, 7) is 10.6. The van der Waals surface area contributed by atoms with Gasteiger partial charge >= 0.3 is 0 Å². The Morgan fingerprint density at radius 2 is 2.16 bits per heavy atom. The van der Waals surface area contributed by atoms with Crippen molar-refractivity contribution in [3.8, 4) is 0 Å². The van der Waals surface area contributed by atoms with Crippen LogP contribution in [0.4, 0.5) is 0 Å². The lowest BCUT2D eigenvalue weighted by molar-refractivity contribution is -0.0778. The molecule has 1 aliphatic rings. The van der Waals surface area contributed by atoms with E-state index in [1.165, 1.54) is 11.5 Å². The van der Waals surface area contributed by atoms with Gasteiger partial charge < -0.3 is 4.74 Å². The molecule has 1 fully saturated rings. The summed E-state index contributed by atoms with van der Waals surface area (Å²) < 4.78 is 10.2. The van der Waals surface area contributed by atoms with E-state index in [0.29, 0.717) is 5.92 Å². The number of nitrogens with zero attached hydrogens (tertiary/aromatic N) is 2. The van der Waals surface area contributed by atoms with Gasteiger partial charge in [-0.15, -0.1) is 5.10 Å². The van der Waals surface area contributed by atoms with E-state index in [4.69, 9.17) is 10.6 Å². The molecular formula is C13H24N4OS. The van der Waals surface area contributed by atoms with Crippen molar-refractivity contribution in [2.45, 2.75) is 64.7 Å². The van der Waals surface area contributed by atoms with E-state index in [9.17, 15) is 0 Å². The van der Waals surface area contributed by atoms with Crippen LogP contribution in [0, 0.1) is 5.92 Å². The van der Waals surface area contributed by atoms with E-state index in [-0.39, 0.29) is 17.2 Å². The van der Waals surface area contributed by atoms with Gasteiger partial charge in [-0.05, 0) is 52.1 Å². The zero-order chi connectivity index (χ0) is 14.3. The average molecular weight is 284 g/mol. The molecule has 0 spiro atoms. The summed E-state index contributed by atoms with van der Waals surface area (Å²) in [7, 11) is 0. The molecule has 0 radical (unpaired) electrons. The first-order valence-electron chi connectivity index (χ1n) is 6.78. The molecule has 6 heteroatoms. The lowest BCUT2D eigenvalue weighted by Gasteiger charge is -2.32. The lowest BCUT2D eigenvalue weighted by atomic mass is 9.81. The number of hydrazine groups is 1. The standard InChI is InChI=1S/C13H24N4OS/c1-6-9-11(19-17-16-9)10(15-14)8-7-12(2,3)18-13(8,4)5/h8,10,15H,6-7,14H2,1-5H3. The average Bonchev–Trinajstić information content (AvgIpc) is 2.82. The smallest absolute Gasteiger partial charge is 0.0801 e. The number of nitrogens with one attached hydrogen (secondary N) is 1. The predicted molar refractivity (Wildman–Crippen MR) is 76.7 cm³/mol. The first-order chi connectivity index (χ1) is 8.80. The van der Waals surface area contributed by atoms with Crippen LogP contribution in [0.3, 0.4) is 0 Å². The van der Waals surface area contributed by atoms with Crippen LogP contribution in [0.5, 0.6) is 0 Å². The minimum atomic E-state index is -0.213. The first kappa shape index (κ1) is 14.8. The third-order valence-electron chi connectivity index (χ3n) is 3.93. The van der Waals surface area contributed by atoms with Gasteiger partial charge in [0.15, 0.2) is 0 Å². The molecule has 0 amide bonds. The number of ether oxygens (including phenoxy) is 1. The first-order valence-corrected chi connectivity index (χ1v) is 7.55. The van der Waals surface area contributed by atoms with Crippen molar-refractivity contribution >= 4 is 11.5 Å². The molecule has 0 bridgehead atoms. The van der Waals surface area contributed by atoms with Gasteiger partial charge in [-0.3, -0.25) is 11.3 Å². The second-order valence-electron chi connectivity index (χ2n) is 6.36. The molecule has 3 N–H and O–H groups in total. The number of hydrogen-bond acceptors (Lipinski definition) is 6. The van der Waals surface area contributed by atoms with Crippen molar-refractivity contribution in [3.05, 3.63) is 10.6 Å². The van der Waals surface area contributed by atoms with Crippen LogP contribution in [0.15, 0.2) is 0 Å². The van der Waals surface area contributed by atoms with Crippen molar-refractivity contribution in [1.82, 2.24) is 15.0 Å². The van der Waals surface area contributed by atoms with Crippen molar-refractivity contribution in [1.29, 1.82) is 0 Å². The third-order valence-corrected chi connectivity index (χ3v) is 4.78. The zero-order valence-electron chi connectivity index (χ0n) is 12.4. The van der Waals surface area contributed by atoms with E-state index in [1.54, 1.807) is 0 Å². The molecule has 0 aromatic carbocycles. The van der Waals surface area contributed by atoms with Crippen LogP contribution in [0.1, 0.15) is 57.7 Å². The molecule has 5 nitrogen and oxygen atoms in total. The van der Waals surface area contributed by atoms with Gasteiger partial charge in [-0.2, -0.15) is 0 Å². The number of aromatic nitrogens is 2. The highest BCUT2D eigenvalue weighted by Gasteiger charge is 2.50. The molecule has 1 aliphatic heterocycles. The summed E-state index contributed by atoms with van der Waals surface area (Å²) in [5, 5.41) is 4.19. The van der Waals surface area contributed by atoms with Gasteiger partial charge in [0.1, 0.15) is 0 Å². The maximum Gasteiger partial charge on any atom is 0.0801 e. The minimum absolute atomic E-state index is 0.0479. The van der Waals surface area contributed by atoms with E-state index < -0.39 is 0 Å². The molecule has 0 aliphatic carbocycles. The summed E-state index contributed by atoms with van der Waals surface area (Å²) in [5.41, 5.74) is 3.67. The largest absolute Gasteiger partial charge is 0.369 e. The van der Waals surface area contributed by atoms with E-state index in [1.807, 2.05) is 0 Å². The molecule has 108 valence electrons. The Bertz CT molecular complexity index is 444. The van der Waals surface area contributed by atoms with Crippen LogP contribution in [0.2, 0.25) is 0 Å². The molecule has 2 heterocycles. The fourth-order valence-electron chi connectivity index (χ4n) is 3.20. The van der Waals surface area contributed by atoms with Crippen molar-refractivity contribution in [3.63, 3.8) is 0 Å². The fraction of sp³-hybridized carbons (Fsp3) is 0.846. The SMILES string of the molecule is CCc1nnsc1C(NN)C1CC(C)(C)OC1(C)C. The van der Waals surface area contributed by atoms with Crippen molar-refractivity contribution in [2.75, 3.05) is 0 Å². The summed E-state index contributed by atoms with van der Waals surface area (Å²) in [4.78, 5) is 1.14. The van der Waals surface area contributed by atoms with Crippen molar-refractivity contribution in [2.24, 2.45) is 11.8 Å². The summed E-state index contributed by atoms with van der Waals surface area (Å²) >= 11 is 1.44. The van der Waals surface area contributed by atoms with Gasteiger partial charge in [-0.25, -0.2) is 0 Å². The quantitative estimate of drug-likeness (QED) is 0.655. The van der Waals surface area contributed by atoms with E-state index in [2.05, 4.69) is 49.6 Å². The van der Waals surface area contributed by atoms with Crippen LogP contribution in [-0.2, 0) is 11.2 Å². The summed E-state index contributed by atoms with van der Waals surface area (Å²) in [6, 6.07) is 0.0479. The Balaban J connectivity index is 2.33. The second kappa shape index (κ2) is 5.09. The Morgan fingerprint density at radius 3 is 2.63 bits per heavy atom. The van der Waals surface area contributed by atoms with Crippen molar-refractivity contribution < 1.29 is 4.74 Å². The maximum absolute atomic E-state index is 6.17. The monoisotopic (exact) mass is 284 g/mol. The Hall–Kier alpha value is -0.560.